The number of benzene rings is 1. The van der Waals surface area contributed by atoms with Crippen molar-refractivity contribution in [1.29, 1.82) is 0 Å². The van der Waals surface area contributed by atoms with Crippen LogP contribution in [-0.2, 0) is 12.8 Å². The molecule has 0 radical (unpaired) electrons. The Morgan fingerprint density at radius 3 is 2.63 bits per heavy atom. The summed E-state index contributed by atoms with van der Waals surface area (Å²) in [5.41, 5.74) is 3.96. The molecule has 0 spiro atoms. The Balaban J connectivity index is 2.13. The number of hydrogen-bond donors (Lipinski definition) is 0. The number of para-hydroxylation sites is 1. The summed E-state index contributed by atoms with van der Waals surface area (Å²) in [6, 6.07) is 10.0. The van der Waals surface area contributed by atoms with Gasteiger partial charge in [-0.25, -0.2) is 4.68 Å². The third-order valence-corrected chi connectivity index (χ3v) is 3.54. The monoisotopic (exact) mass is 255 g/mol. The molecule has 4 nitrogen and oxygen atoms in total. The first-order valence-electron chi connectivity index (χ1n) is 6.56. The van der Waals surface area contributed by atoms with E-state index in [4.69, 9.17) is 0 Å². The molecule has 4 heteroatoms. The van der Waals surface area contributed by atoms with Gasteiger partial charge in [-0.15, -0.1) is 0 Å². The number of fused-ring (bicyclic) bond motifs is 1. The zero-order valence-corrected chi connectivity index (χ0v) is 11.3. The molecule has 1 heterocycles. The van der Waals surface area contributed by atoms with Gasteiger partial charge in [0.05, 0.1) is 5.69 Å². The quantitative estimate of drug-likeness (QED) is 0.824. The summed E-state index contributed by atoms with van der Waals surface area (Å²) in [7, 11) is 3.54. The molecule has 3 rings (SSSR count). The van der Waals surface area contributed by atoms with Crippen molar-refractivity contribution in [3.8, 4) is 5.69 Å². The van der Waals surface area contributed by atoms with Crippen LogP contribution in [0.2, 0.25) is 0 Å². The van der Waals surface area contributed by atoms with E-state index < -0.39 is 0 Å². The number of nitrogens with zero attached hydrogens (tertiary/aromatic N) is 3. The predicted molar refractivity (Wildman–Crippen MR) is 73.6 cm³/mol. The Kier molecular flexibility index (Phi) is 2.85. The minimum absolute atomic E-state index is 0.00664. The van der Waals surface area contributed by atoms with Crippen molar-refractivity contribution >= 4 is 5.91 Å². The molecule has 0 bridgehead atoms. The summed E-state index contributed by atoms with van der Waals surface area (Å²) in [5.74, 6) is -0.00664. The topological polar surface area (TPSA) is 38.1 Å². The van der Waals surface area contributed by atoms with Gasteiger partial charge in [-0.2, -0.15) is 5.10 Å². The van der Waals surface area contributed by atoms with E-state index in [0.717, 1.165) is 30.5 Å². The molecule has 0 fully saturated rings. The number of aromatic nitrogens is 2. The molecule has 0 saturated heterocycles. The van der Waals surface area contributed by atoms with Crippen molar-refractivity contribution in [2.24, 2.45) is 0 Å². The fourth-order valence-electron chi connectivity index (χ4n) is 2.60. The summed E-state index contributed by atoms with van der Waals surface area (Å²) in [6.07, 6.45) is 3.06. The molecule has 19 heavy (non-hydrogen) atoms. The Labute approximate surface area is 112 Å². The van der Waals surface area contributed by atoms with E-state index in [2.05, 4.69) is 5.10 Å². The van der Waals surface area contributed by atoms with Gasteiger partial charge in [0.2, 0.25) is 0 Å². The molecule has 98 valence electrons. The molecule has 1 aromatic heterocycles. The van der Waals surface area contributed by atoms with Crippen molar-refractivity contribution in [3.63, 3.8) is 0 Å². The standard InChI is InChI=1S/C15H17N3O/c1-17(2)15(19)14-12-9-6-10-13(12)18(16-14)11-7-4-3-5-8-11/h3-5,7-8H,6,9-10H2,1-2H3. The second-order valence-electron chi connectivity index (χ2n) is 5.07. The highest BCUT2D eigenvalue weighted by molar-refractivity contribution is 5.94. The summed E-state index contributed by atoms with van der Waals surface area (Å²) < 4.78 is 1.93. The number of carbonyl (C=O) groups is 1. The van der Waals surface area contributed by atoms with E-state index in [0.29, 0.717) is 5.69 Å². The summed E-state index contributed by atoms with van der Waals surface area (Å²) in [4.78, 5) is 13.8. The van der Waals surface area contributed by atoms with Crippen molar-refractivity contribution < 1.29 is 4.79 Å². The van der Waals surface area contributed by atoms with Gasteiger partial charge in [-0.05, 0) is 31.4 Å². The second kappa shape index (κ2) is 4.53. The minimum Gasteiger partial charge on any atom is -0.343 e. The van der Waals surface area contributed by atoms with E-state index in [1.54, 1.807) is 19.0 Å². The minimum atomic E-state index is -0.00664. The van der Waals surface area contributed by atoms with Gasteiger partial charge in [0.1, 0.15) is 0 Å². The average Bonchev–Trinajstić information content (AvgIpc) is 3.00. The predicted octanol–water partition coefficient (Wildman–Crippen LogP) is 2.06. The van der Waals surface area contributed by atoms with Crippen LogP contribution in [0.3, 0.4) is 0 Å². The molecule has 0 aliphatic heterocycles. The van der Waals surface area contributed by atoms with Gasteiger partial charge in [-0.1, -0.05) is 18.2 Å². The van der Waals surface area contributed by atoms with Crippen molar-refractivity contribution in [1.82, 2.24) is 14.7 Å². The summed E-state index contributed by atoms with van der Waals surface area (Å²) in [5, 5.41) is 4.55. The molecule has 0 atom stereocenters. The molecular formula is C15H17N3O. The van der Waals surface area contributed by atoms with Gasteiger partial charge in [0.25, 0.3) is 5.91 Å². The first-order chi connectivity index (χ1) is 9.18. The maximum Gasteiger partial charge on any atom is 0.274 e. The van der Waals surface area contributed by atoms with Crippen LogP contribution in [0.25, 0.3) is 5.69 Å². The first kappa shape index (κ1) is 12.0. The van der Waals surface area contributed by atoms with Crippen molar-refractivity contribution in [2.45, 2.75) is 19.3 Å². The third kappa shape index (κ3) is 1.93. The van der Waals surface area contributed by atoms with Crippen LogP contribution in [0, 0.1) is 0 Å². The molecule has 0 saturated carbocycles. The van der Waals surface area contributed by atoms with Gasteiger partial charge < -0.3 is 4.90 Å². The molecule has 1 aromatic carbocycles. The van der Waals surface area contributed by atoms with Crippen LogP contribution in [0.5, 0.6) is 0 Å². The molecule has 1 aliphatic carbocycles. The maximum atomic E-state index is 12.2. The number of carbonyl (C=O) groups excluding carboxylic acids is 1. The number of amides is 1. The van der Waals surface area contributed by atoms with Crippen LogP contribution in [0.1, 0.15) is 28.2 Å². The first-order valence-corrected chi connectivity index (χ1v) is 6.56. The highest BCUT2D eigenvalue weighted by Crippen LogP contribution is 2.28. The van der Waals surface area contributed by atoms with Crippen LogP contribution in [-0.4, -0.2) is 34.7 Å². The maximum absolute atomic E-state index is 12.2. The van der Waals surface area contributed by atoms with Crippen molar-refractivity contribution in [3.05, 3.63) is 47.3 Å². The van der Waals surface area contributed by atoms with E-state index in [9.17, 15) is 4.79 Å². The molecule has 1 amide bonds. The van der Waals surface area contributed by atoms with Gasteiger partial charge in [-0.3, -0.25) is 4.79 Å². The number of rotatable bonds is 2. The van der Waals surface area contributed by atoms with Crippen molar-refractivity contribution in [2.75, 3.05) is 14.1 Å². The lowest BCUT2D eigenvalue weighted by Gasteiger charge is -2.08. The second-order valence-corrected chi connectivity index (χ2v) is 5.07. The van der Waals surface area contributed by atoms with Gasteiger partial charge in [0.15, 0.2) is 5.69 Å². The zero-order chi connectivity index (χ0) is 13.4. The van der Waals surface area contributed by atoms with E-state index in [1.165, 1.54) is 5.69 Å². The summed E-state index contributed by atoms with van der Waals surface area (Å²) >= 11 is 0. The molecule has 0 unspecified atom stereocenters. The largest absolute Gasteiger partial charge is 0.343 e. The summed E-state index contributed by atoms with van der Waals surface area (Å²) in [6.45, 7) is 0. The Morgan fingerprint density at radius 1 is 1.21 bits per heavy atom. The lowest BCUT2D eigenvalue weighted by molar-refractivity contribution is 0.0820. The lowest BCUT2D eigenvalue weighted by Crippen LogP contribution is -2.23. The normalized spacial score (nSPS) is 13.4. The fourth-order valence-corrected chi connectivity index (χ4v) is 2.60. The Hall–Kier alpha value is -2.10. The average molecular weight is 255 g/mol. The Bertz CT molecular complexity index is 614. The van der Waals surface area contributed by atoms with Crippen LogP contribution in [0.15, 0.2) is 30.3 Å². The lowest BCUT2D eigenvalue weighted by atomic mass is 10.2. The smallest absolute Gasteiger partial charge is 0.274 e. The molecular weight excluding hydrogens is 238 g/mol. The molecule has 1 aliphatic rings. The third-order valence-electron chi connectivity index (χ3n) is 3.54. The highest BCUT2D eigenvalue weighted by atomic mass is 16.2. The number of hydrogen-bond acceptors (Lipinski definition) is 2. The highest BCUT2D eigenvalue weighted by Gasteiger charge is 2.27. The SMILES string of the molecule is CN(C)C(=O)c1nn(-c2ccccc2)c2c1CCC2. The molecule has 2 aromatic rings. The fraction of sp³-hybridized carbons (Fsp3) is 0.333. The molecule has 0 N–H and O–H groups in total. The zero-order valence-electron chi connectivity index (χ0n) is 11.3. The van der Waals surface area contributed by atoms with Crippen LogP contribution < -0.4 is 0 Å². The van der Waals surface area contributed by atoms with E-state index >= 15 is 0 Å². The Morgan fingerprint density at radius 2 is 1.95 bits per heavy atom. The van der Waals surface area contributed by atoms with E-state index in [-0.39, 0.29) is 5.91 Å². The van der Waals surface area contributed by atoms with E-state index in [1.807, 2.05) is 35.0 Å². The van der Waals surface area contributed by atoms with Crippen LogP contribution in [0.4, 0.5) is 0 Å². The van der Waals surface area contributed by atoms with Gasteiger partial charge >= 0.3 is 0 Å². The van der Waals surface area contributed by atoms with Gasteiger partial charge in [0, 0.05) is 25.4 Å². The van der Waals surface area contributed by atoms with Crippen LogP contribution >= 0.6 is 0 Å².